The smallest absolute Gasteiger partial charge is 0.238 e. The van der Waals surface area contributed by atoms with Crippen LogP contribution < -0.4 is 5.01 Å². The molecule has 0 radical (unpaired) electrons. The van der Waals surface area contributed by atoms with Gasteiger partial charge in [0.1, 0.15) is 11.3 Å². The Labute approximate surface area is 119 Å². The minimum absolute atomic E-state index is 0.0270. The molecule has 1 amide bonds. The molecule has 0 fully saturated rings. The zero-order valence-electron chi connectivity index (χ0n) is 13.3. The fourth-order valence-corrected chi connectivity index (χ4v) is 2.61. The van der Waals surface area contributed by atoms with Crippen LogP contribution in [0.4, 0.5) is 0 Å². The molecule has 20 heavy (non-hydrogen) atoms. The standard InChI is InChI=1S/C15H22N4O/c1-9-8-10(2)16-14-13(9)17-11(3)18(14)19(12(4)20)15(5,6)7/h8H,1-7H3. The van der Waals surface area contributed by atoms with E-state index in [-0.39, 0.29) is 11.4 Å². The summed E-state index contributed by atoms with van der Waals surface area (Å²) in [6, 6.07) is 2.01. The highest BCUT2D eigenvalue weighted by Crippen LogP contribution is 2.22. The minimum atomic E-state index is -0.344. The molecule has 0 unspecified atom stereocenters. The summed E-state index contributed by atoms with van der Waals surface area (Å²) in [4.78, 5) is 21.3. The molecular weight excluding hydrogens is 252 g/mol. The molecule has 2 aromatic heterocycles. The Balaban J connectivity index is 2.82. The minimum Gasteiger partial charge on any atom is -0.273 e. The van der Waals surface area contributed by atoms with E-state index in [1.807, 2.05) is 52.3 Å². The largest absolute Gasteiger partial charge is 0.273 e. The number of pyridine rings is 1. The van der Waals surface area contributed by atoms with Crippen LogP contribution in [0.3, 0.4) is 0 Å². The first-order chi connectivity index (χ1) is 9.12. The Morgan fingerprint density at radius 2 is 1.80 bits per heavy atom. The Morgan fingerprint density at radius 3 is 2.30 bits per heavy atom. The van der Waals surface area contributed by atoms with Crippen LogP contribution in [0.15, 0.2) is 6.07 Å². The Kier molecular flexibility index (Phi) is 3.32. The van der Waals surface area contributed by atoms with Crippen LogP contribution in [0.5, 0.6) is 0 Å². The van der Waals surface area contributed by atoms with E-state index in [0.717, 1.165) is 28.2 Å². The van der Waals surface area contributed by atoms with Crippen molar-refractivity contribution in [2.75, 3.05) is 5.01 Å². The van der Waals surface area contributed by atoms with Crippen LogP contribution in [0.25, 0.3) is 11.2 Å². The van der Waals surface area contributed by atoms with Gasteiger partial charge in [-0.15, -0.1) is 0 Å². The Morgan fingerprint density at radius 1 is 1.20 bits per heavy atom. The summed E-state index contributed by atoms with van der Waals surface area (Å²) in [7, 11) is 0. The van der Waals surface area contributed by atoms with Crippen LogP contribution in [0.1, 0.15) is 44.8 Å². The van der Waals surface area contributed by atoms with Crippen molar-refractivity contribution >= 4 is 17.1 Å². The van der Waals surface area contributed by atoms with Gasteiger partial charge in [-0.05, 0) is 53.2 Å². The third-order valence-electron chi connectivity index (χ3n) is 3.21. The number of imidazole rings is 1. The molecule has 0 saturated carbocycles. The molecule has 2 rings (SSSR count). The Hall–Kier alpha value is -1.91. The second-order valence-corrected chi connectivity index (χ2v) is 6.23. The Bertz CT molecular complexity index is 679. The molecule has 0 spiro atoms. The van der Waals surface area contributed by atoms with Crippen molar-refractivity contribution in [2.24, 2.45) is 0 Å². The zero-order chi connectivity index (χ0) is 15.2. The summed E-state index contributed by atoms with van der Waals surface area (Å²) in [5.41, 5.74) is 3.25. The highest BCUT2D eigenvalue weighted by Gasteiger charge is 2.29. The third-order valence-corrected chi connectivity index (χ3v) is 3.21. The van der Waals surface area contributed by atoms with Crippen LogP contribution in [0, 0.1) is 20.8 Å². The van der Waals surface area contributed by atoms with Crippen molar-refractivity contribution in [1.82, 2.24) is 14.6 Å². The number of carbonyl (C=O) groups excluding carboxylic acids is 1. The molecule has 2 heterocycles. The lowest BCUT2D eigenvalue weighted by Crippen LogP contribution is -2.52. The molecule has 0 N–H and O–H groups in total. The van der Waals surface area contributed by atoms with E-state index in [1.54, 1.807) is 11.9 Å². The summed E-state index contributed by atoms with van der Waals surface area (Å²) in [5, 5.41) is 1.71. The van der Waals surface area contributed by atoms with Crippen LogP contribution in [-0.2, 0) is 4.79 Å². The first-order valence-electron chi connectivity index (χ1n) is 6.77. The second kappa shape index (κ2) is 4.58. The molecule has 108 valence electrons. The highest BCUT2D eigenvalue weighted by molar-refractivity contribution is 5.87. The molecule has 0 aliphatic heterocycles. The molecule has 0 aliphatic rings. The maximum atomic E-state index is 12.1. The van der Waals surface area contributed by atoms with Gasteiger partial charge in [0, 0.05) is 12.6 Å². The third kappa shape index (κ3) is 2.28. The molecule has 0 aliphatic carbocycles. The van der Waals surface area contributed by atoms with Crippen molar-refractivity contribution in [2.45, 2.75) is 54.0 Å². The van der Waals surface area contributed by atoms with Gasteiger partial charge in [0.25, 0.3) is 0 Å². The van der Waals surface area contributed by atoms with Gasteiger partial charge in [0.05, 0.1) is 5.54 Å². The van der Waals surface area contributed by atoms with Gasteiger partial charge in [-0.25, -0.2) is 19.7 Å². The molecular formula is C15H22N4O. The van der Waals surface area contributed by atoms with Crippen molar-refractivity contribution in [3.63, 3.8) is 0 Å². The van der Waals surface area contributed by atoms with Gasteiger partial charge in [0.2, 0.25) is 5.91 Å². The van der Waals surface area contributed by atoms with E-state index in [4.69, 9.17) is 0 Å². The quantitative estimate of drug-likeness (QED) is 0.803. The topological polar surface area (TPSA) is 51.0 Å². The number of aryl methyl sites for hydroxylation is 3. The first kappa shape index (κ1) is 14.5. The summed E-state index contributed by atoms with van der Waals surface area (Å²) in [6.45, 7) is 13.4. The van der Waals surface area contributed by atoms with E-state index in [9.17, 15) is 4.79 Å². The van der Waals surface area contributed by atoms with E-state index in [0.29, 0.717) is 0 Å². The maximum absolute atomic E-state index is 12.1. The van der Waals surface area contributed by atoms with Crippen molar-refractivity contribution in [1.29, 1.82) is 0 Å². The zero-order valence-corrected chi connectivity index (χ0v) is 13.3. The molecule has 2 aromatic rings. The van der Waals surface area contributed by atoms with Gasteiger partial charge in [0.15, 0.2) is 5.65 Å². The number of nitrogens with zero attached hydrogens (tertiary/aromatic N) is 4. The average molecular weight is 274 g/mol. The van der Waals surface area contributed by atoms with E-state index in [1.165, 1.54) is 0 Å². The molecule has 0 saturated heterocycles. The normalized spacial score (nSPS) is 11.9. The SMILES string of the molecule is CC(=O)N(n1c(C)nc2c(C)cc(C)nc21)C(C)(C)C. The van der Waals surface area contributed by atoms with Crippen molar-refractivity contribution in [3.05, 3.63) is 23.1 Å². The summed E-state index contributed by atoms with van der Waals surface area (Å²) in [6.07, 6.45) is 0. The molecule has 5 heteroatoms. The van der Waals surface area contributed by atoms with Gasteiger partial charge in [-0.2, -0.15) is 0 Å². The number of amides is 1. The fraction of sp³-hybridized carbons (Fsp3) is 0.533. The second-order valence-electron chi connectivity index (χ2n) is 6.23. The van der Waals surface area contributed by atoms with Gasteiger partial charge >= 0.3 is 0 Å². The molecule has 0 atom stereocenters. The number of hydrogen-bond donors (Lipinski definition) is 0. The van der Waals surface area contributed by atoms with Crippen LogP contribution in [-0.4, -0.2) is 26.1 Å². The highest BCUT2D eigenvalue weighted by atomic mass is 16.2. The number of hydrogen-bond acceptors (Lipinski definition) is 3. The van der Waals surface area contributed by atoms with Crippen molar-refractivity contribution < 1.29 is 4.79 Å². The summed E-state index contributed by atoms with van der Waals surface area (Å²) >= 11 is 0. The van der Waals surface area contributed by atoms with Crippen LogP contribution >= 0.6 is 0 Å². The van der Waals surface area contributed by atoms with Crippen LogP contribution in [0.2, 0.25) is 0 Å². The predicted octanol–water partition coefficient (Wildman–Crippen LogP) is 2.64. The summed E-state index contributed by atoms with van der Waals surface area (Å²) < 4.78 is 1.83. The number of aromatic nitrogens is 3. The number of rotatable bonds is 1. The van der Waals surface area contributed by atoms with E-state index >= 15 is 0 Å². The molecule has 0 bridgehead atoms. The van der Waals surface area contributed by atoms with E-state index in [2.05, 4.69) is 9.97 Å². The predicted molar refractivity (Wildman–Crippen MR) is 80.4 cm³/mol. The van der Waals surface area contributed by atoms with Gasteiger partial charge in [-0.3, -0.25) is 4.79 Å². The van der Waals surface area contributed by atoms with Crippen molar-refractivity contribution in [3.8, 4) is 0 Å². The number of carbonyl (C=O) groups is 1. The van der Waals surface area contributed by atoms with Gasteiger partial charge < -0.3 is 0 Å². The number of fused-ring (bicyclic) bond motifs is 1. The van der Waals surface area contributed by atoms with Gasteiger partial charge in [-0.1, -0.05) is 0 Å². The molecule has 0 aromatic carbocycles. The average Bonchev–Trinajstić information content (AvgIpc) is 2.55. The lowest BCUT2D eigenvalue weighted by Gasteiger charge is -2.35. The lowest BCUT2D eigenvalue weighted by atomic mass is 10.1. The first-order valence-corrected chi connectivity index (χ1v) is 6.77. The monoisotopic (exact) mass is 274 g/mol. The lowest BCUT2D eigenvalue weighted by molar-refractivity contribution is -0.119. The van der Waals surface area contributed by atoms with E-state index < -0.39 is 0 Å². The molecule has 5 nitrogen and oxygen atoms in total. The fourth-order valence-electron chi connectivity index (χ4n) is 2.61. The maximum Gasteiger partial charge on any atom is 0.238 e. The summed E-state index contributed by atoms with van der Waals surface area (Å²) in [5.74, 6) is 0.743.